The van der Waals surface area contributed by atoms with E-state index in [1.165, 1.54) is 18.2 Å². The Kier molecular flexibility index (Phi) is 6.55. The number of unbranched alkanes of at least 4 members (excludes halogenated alkanes) is 1. The number of nitrogens with one attached hydrogen (secondary N) is 2. The molecular formula is C17H25N3O4S. The van der Waals surface area contributed by atoms with Crippen molar-refractivity contribution in [3.05, 3.63) is 29.8 Å². The van der Waals surface area contributed by atoms with E-state index in [-0.39, 0.29) is 22.4 Å². The van der Waals surface area contributed by atoms with Crippen LogP contribution in [0.1, 0.15) is 55.8 Å². The van der Waals surface area contributed by atoms with Crippen molar-refractivity contribution in [2.24, 2.45) is 5.73 Å². The quantitative estimate of drug-likeness (QED) is 0.609. The molecule has 7 nitrogen and oxygen atoms in total. The molecule has 1 atom stereocenters. The zero-order valence-corrected chi connectivity index (χ0v) is 15.1. The molecule has 1 saturated carbocycles. The van der Waals surface area contributed by atoms with Gasteiger partial charge in [-0.2, -0.15) is 4.72 Å². The molecule has 1 aliphatic carbocycles. The molecule has 1 fully saturated rings. The largest absolute Gasteiger partial charge is 0.368 e. The molecule has 0 bridgehead atoms. The maximum Gasteiger partial charge on any atom is 0.251 e. The van der Waals surface area contributed by atoms with E-state index < -0.39 is 22.0 Å². The topological polar surface area (TPSA) is 118 Å². The van der Waals surface area contributed by atoms with E-state index in [0.717, 1.165) is 25.7 Å². The van der Waals surface area contributed by atoms with Gasteiger partial charge in [-0.15, -0.1) is 0 Å². The third-order valence-corrected chi connectivity index (χ3v) is 5.80. The fourth-order valence-electron chi connectivity index (χ4n) is 2.55. The average Bonchev–Trinajstić information content (AvgIpc) is 2.54. The van der Waals surface area contributed by atoms with Crippen LogP contribution in [0.5, 0.6) is 0 Å². The maximum atomic E-state index is 12.5. The zero-order valence-electron chi connectivity index (χ0n) is 14.3. The number of nitrogens with two attached hydrogens (primary N) is 1. The van der Waals surface area contributed by atoms with Crippen molar-refractivity contribution in [3.8, 4) is 0 Å². The fourth-order valence-corrected chi connectivity index (χ4v) is 3.83. The van der Waals surface area contributed by atoms with Gasteiger partial charge in [-0.25, -0.2) is 8.42 Å². The minimum Gasteiger partial charge on any atom is -0.368 e. The number of rotatable bonds is 9. The number of sulfonamides is 1. The predicted octanol–water partition coefficient (Wildman–Crippen LogP) is 1.29. The molecule has 138 valence electrons. The summed E-state index contributed by atoms with van der Waals surface area (Å²) in [6.45, 7) is 1.94. The van der Waals surface area contributed by atoms with Crippen LogP contribution in [0, 0.1) is 0 Å². The number of amides is 2. The van der Waals surface area contributed by atoms with Gasteiger partial charge < -0.3 is 11.1 Å². The summed E-state index contributed by atoms with van der Waals surface area (Å²) in [7, 11) is -3.94. The zero-order chi connectivity index (χ0) is 18.4. The Hall–Kier alpha value is -1.93. The molecule has 0 unspecified atom stereocenters. The minimum absolute atomic E-state index is 0.0588. The molecule has 1 aliphatic rings. The second-order valence-corrected chi connectivity index (χ2v) is 8.06. The number of carbonyl (C=O) groups is 2. The molecule has 0 radical (unpaired) electrons. The third kappa shape index (κ3) is 5.27. The van der Waals surface area contributed by atoms with Gasteiger partial charge in [0.1, 0.15) is 6.04 Å². The molecule has 0 aromatic heterocycles. The Morgan fingerprint density at radius 2 is 2.04 bits per heavy atom. The van der Waals surface area contributed by atoms with E-state index in [1.54, 1.807) is 6.07 Å². The van der Waals surface area contributed by atoms with Crippen LogP contribution in [0.4, 0.5) is 0 Å². The summed E-state index contributed by atoms with van der Waals surface area (Å²) in [6, 6.07) is 4.98. The van der Waals surface area contributed by atoms with Crippen LogP contribution in [0.2, 0.25) is 0 Å². The molecule has 4 N–H and O–H groups in total. The smallest absolute Gasteiger partial charge is 0.251 e. The summed E-state index contributed by atoms with van der Waals surface area (Å²) in [5, 5.41) is 2.87. The van der Waals surface area contributed by atoms with Crippen molar-refractivity contribution in [1.29, 1.82) is 0 Å². The van der Waals surface area contributed by atoms with Gasteiger partial charge in [-0.3, -0.25) is 9.59 Å². The molecule has 2 rings (SSSR count). The standard InChI is InChI=1S/C17H25N3O4S/c1-2-3-10-15(16(18)21)20-25(23,24)14-9-4-6-12(11-14)17(22)19-13-7-5-8-13/h4,6,9,11,13,15,20H,2-3,5,7-8,10H2,1H3,(H2,18,21)(H,19,22)/t15-/m1/s1. The van der Waals surface area contributed by atoms with Crippen LogP contribution in [-0.2, 0) is 14.8 Å². The number of primary amides is 1. The number of carbonyl (C=O) groups excluding carboxylic acids is 2. The van der Waals surface area contributed by atoms with E-state index in [9.17, 15) is 18.0 Å². The average molecular weight is 367 g/mol. The highest BCUT2D eigenvalue weighted by molar-refractivity contribution is 7.89. The van der Waals surface area contributed by atoms with E-state index >= 15 is 0 Å². The van der Waals surface area contributed by atoms with Crippen LogP contribution in [0.25, 0.3) is 0 Å². The Balaban J connectivity index is 2.13. The lowest BCUT2D eigenvalue weighted by molar-refractivity contribution is -0.119. The van der Waals surface area contributed by atoms with Crippen molar-refractivity contribution in [2.75, 3.05) is 0 Å². The van der Waals surface area contributed by atoms with Crippen LogP contribution in [0.3, 0.4) is 0 Å². The van der Waals surface area contributed by atoms with Crippen molar-refractivity contribution in [2.45, 2.75) is 62.4 Å². The first-order chi connectivity index (χ1) is 11.8. The monoisotopic (exact) mass is 367 g/mol. The van der Waals surface area contributed by atoms with Crippen LogP contribution < -0.4 is 15.8 Å². The first-order valence-electron chi connectivity index (χ1n) is 8.56. The third-order valence-electron chi connectivity index (χ3n) is 4.33. The number of hydrogen-bond acceptors (Lipinski definition) is 4. The van der Waals surface area contributed by atoms with E-state index in [1.807, 2.05) is 6.92 Å². The Morgan fingerprint density at radius 3 is 2.60 bits per heavy atom. The minimum atomic E-state index is -3.94. The summed E-state index contributed by atoms with van der Waals surface area (Å²) in [4.78, 5) is 23.6. The Bertz CT molecular complexity index is 729. The fraction of sp³-hybridized carbons (Fsp3) is 0.529. The first-order valence-corrected chi connectivity index (χ1v) is 10.0. The van der Waals surface area contributed by atoms with Crippen molar-refractivity contribution in [1.82, 2.24) is 10.0 Å². The highest BCUT2D eigenvalue weighted by Crippen LogP contribution is 2.19. The van der Waals surface area contributed by atoms with Gasteiger partial charge in [0, 0.05) is 11.6 Å². The Morgan fingerprint density at radius 1 is 1.32 bits per heavy atom. The normalized spacial score (nSPS) is 16.0. The highest BCUT2D eigenvalue weighted by atomic mass is 32.2. The first kappa shape index (κ1) is 19.4. The molecule has 0 heterocycles. The SMILES string of the molecule is CCCC[C@@H](NS(=O)(=O)c1cccc(C(=O)NC2CCC2)c1)C(N)=O. The second kappa shape index (κ2) is 8.44. The van der Waals surface area contributed by atoms with Gasteiger partial charge in [-0.05, 0) is 43.9 Å². The van der Waals surface area contributed by atoms with Crippen molar-refractivity contribution >= 4 is 21.8 Å². The highest BCUT2D eigenvalue weighted by Gasteiger charge is 2.25. The van der Waals surface area contributed by atoms with Crippen LogP contribution in [-0.4, -0.2) is 32.3 Å². The molecule has 1 aromatic carbocycles. The Labute approximate surface area is 148 Å². The van der Waals surface area contributed by atoms with Crippen LogP contribution in [0.15, 0.2) is 29.2 Å². The second-order valence-electron chi connectivity index (χ2n) is 6.35. The molecular weight excluding hydrogens is 342 g/mol. The van der Waals surface area contributed by atoms with Gasteiger partial charge in [0.25, 0.3) is 5.91 Å². The predicted molar refractivity (Wildman–Crippen MR) is 94.4 cm³/mol. The summed E-state index contributed by atoms with van der Waals surface area (Å²) in [5.74, 6) is -1.00. The maximum absolute atomic E-state index is 12.5. The number of benzene rings is 1. The van der Waals surface area contributed by atoms with Gasteiger partial charge >= 0.3 is 0 Å². The van der Waals surface area contributed by atoms with E-state index in [2.05, 4.69) is 10.0 Å². The molecule has 0 aliphatic heterocycles. The summed E-state index contributed by atoms with van der Waals surface area (Å²) in [5.41, 5.74) is 5.56. The lowest BCUT2D eigenvalue weighted by Crippen LogP contribution is -2.44. The summed E-state index contributed by atoms with van der Waals surface area (Å²) < 4.78 is 27.4. The van der Waals surface area contributed by atoms with Gasteiger partial charge in [0.2, 0.25) is 15.9 Å². The summed E-state index contributed by atoms with van der Waals surface area (Å²) >= 11 is 0. The van der Waals surface area contributed by atoms with Crippen LogP contribution >= 0.6 is 0 Å². The molecule has 2 amide bonds. The van der Waals surface area contributed by atoms with Gasteiger partial charge in [-0.1, -0.05) is 25.8 Å². The molecule has 0 spiro atoms. The lowest BCUT2D eigenvalue weighted by atomic mass is 9.93. The molecule has 25 heavy (non-hydrogen) atoms. The molecule has 1 aromatic rings. The van der Waals surface area contributed by atoms with Gasteiger partial charge in [0.15, 0.2) is 0 Å². The number of hydrogen-bond donors (Lipinski definition) is 3. The van der Waals surface area contributed by atoms with E-state index in [4.69, 9.17) is 5.73 Å². The molecule has 8 heteroatoms. The van der Waals surface area contributed by atoms with E-state index in [0.29, 0.717) is 12.8 Å². The van der Waals surface area contributed by atoms with Crippen molar-refractivity contribution < 1.29 is 18.0 Å². The summed E-state index contributed by atoms with van der Waals surface area (Å²) in [6.07, 6.45) is 4.83. The van der Waals surface area contributed by atoms with Crippen molar-refractivity contribution in [3.63, 3.8) is 0 Å². The molecule has 0 saturated heterocycles. The van der Waals surface area contributed by atoms with Gasteiger partial charge in [0.05, 0.1) is 4.90 Å². The lowest BCUT2D eigenvalue weighted by Gasteiger charge is -2.26.